The van der Waals surface area contributed by atoms with E-state index in [0.29, 0.717) is 5.82 Å². The first-order valence-electron chi connectivity index (χ1n) is 11.2. The summed E-state index contributed by atoms with van der Waals surface area (Å²) in [4.78, 5) is 5.19. The Morgan fingerprint density at radius 1 is 1.00 bits per heavy atom. The molecule has 3 atom stereocenters. The van der Waals surface area contributed by atoms with Crippen molar-refractivity contribution in [2.24, 2.45) is 17.8 Å². The molecule has 3 fully saturated rings. The second-order valence-corrected chi connectivity index (χ2v) is 8.95. The molecule has 29 heavy (non-hydrogen) atoms. The number of hydrogen-bond donors (Lipinski definition) is 1. The van der Waals surface area contributed by atoms with Crippen LogP contribution in [0.3, 0.4) is 0 Å². The number of aromatic nitrogens is 4. The van der Waals surface area contributed by atoms with Crippen LogP contribution >= 0.6 is 0 Å². The van der Waals surface area contributed by atoms with Crippen molar-refractivity contribution in [3.63, 3.8) is 0 Å². The normalized spacial score (nSPS) is 27.2. The number of fused-ring (bicyclic) bond motifs is 1. The Hall–Kier alpha value is -1.83. The van der Waals surface area contributed by atoms with E-state index in [1.807, 2.05) is 0 Å². The Labute approximate surface area is 172 Å². The van der Waals surface area contributed by atoms with Crippen molar-refractivity contribution in [3.8, 4) is 11.4 Å². The van der Waals surface area contributed by atoms with E-state index >= 15 is 0 Å². The van der Waals surface area contributed by atoms with Gasteiger partial charge >= 0.3 is 0 Å². The minimum atomic E-state index is 0.651. The summed E-state index contributed by atoms with van der Waals surface area (Å²) in [5.41, 5.74) is 2.35. The third-order valence-corrected chi connectivity index (χ3v) is 6.93. The van der Waals surface area contributed by atoms with Crippen LogP contribution in [0.15, 0.2) is 24.3 Å². The van der Waals surface area contributed by atoms with Gasteiger partial charge in [-0.25, -0.2) is 0 Å². The smallest absolute Gasteiger partial charge is 0.204 e. The van der Waals surface area contributed by atoms with Gasteiger partial charge in [-0.05, 0) is 60.9 Å². The van der Waals surface area contributed by atoms with Crippen LogP contribution in [0.5, 0.6) is 0 Å². The maximum Gasteiger partial charge on any atom is 0.204 e. The second-order valence-electron chi connectivity index (χ2n) is 8.95. The average Bonchev–Trinajstić information content (AvgIpc) is 3.15. The van der Waals surface area contributed by atoms with E-state index in [1.165, 1.54) is 64.0 Å². The minimum absolute atomic E-state index is 0.651. The number of aromatic amines is 1. The molecule has 5 rings (SSSR count). The van der Waals surface area contributed by atoms with Crippen LogP contribution in [-0.2, 0) is 11.3 Å². The predicted molar refractivity (Wildman–Crippen MR) is 111 cm³/mol. The summed E-state index contributed by atoms with van der Waals surface area (Å²) in [6.45, 7) is 9.19. The Kier molecular flexibility index (Phi) is 5.88. The molecule has 0 bridgehead atoms. The van der Waals surface area contributed by atoms with Gasteiger partial charge in [-0.3, -0.25) is 4.90 Å². The van der Waals surface area contributed by atoms with Crippen molar-refractivity contribution in [1.29, 1.82) is 0 Å². The number of piperidine rings is 2. The molecule has 7 heteroatoms. The molecule has 156 valence electrons. The summed E-state index contributed by atoms with van der Waals surface area (Å²) in [5, 5.41) is 14.2. The largest absolute Gasteiger partial charge is 0.381 e. The van der Waals surface area contributed by atoms with Crippen LogP contribution in [0.1, 0.15) is 31.2 Å². The van der Waals surface area contributed by atoms with Gasteiger partial charge in [0.25, 0.3) is 0 Å². The standard InChI is InChI=1S/C22H32N6O/c1-2-9-27(10-3-1)11-4-12-29-16-21-19-14-28(15-20(19)21)13-17-5-7-18(8-6-17)22-23-25-26-24-22/h5-8,19-21H,1-4,9-16H2,(H,23,24,25,26)/t19-,20+,21?. The number of nitrogens with one attached hydrogen (secondary N) is 1. The van der Waals surface area contributed by atoms with Crippen molar-refractivity contribution < 1.29 is 4.74 Å². The Bertz CT molecular complexity index is 746. The van der Waals surface area contributed by atoms with Crippen LogP contribution in [0.2, 0.25) is 0 Å². The maximum absolute atomic E-state index is 6.02. The number of H-pyrrole nitrogens is 1. The summed E-state index contributed by atoms with van der Waals surface area (Å²) in [6, 6.07) is 8.52. The first-order valence-corrected chi connectivity index (χ1v) is 11.2. The van der Waals surface area contributed by atoms with Crippen LogP contribution in [0.25, 0.3) is 11.4 Å². The van der Waals surface area contributed by atoms with Crippen molar-refractivity contribution in [3.05, 3.63) is 29.8 Å². The van der Waals surface area contributed by atoms with Crippen molar-refractivity contribution >= 4 is 0 Å². The number of likely N-dealkylation sites (tertiary alicyclic amines) is 2. The molecule has 3 aliphatic rings. The highest BCUT2D eigenvalue weighted by Crippen LogP contribution is 2.52. The average molecular weight is 397 g/mol. The topological polar surface area (TPSA) is 70.2 Å². The highest BCUT2D eigenvalue weighted by Gasteiger charge is 2.55. The lowest BCUT2D eigenvalue weighted by Gasteiger charge is -2.26. The van der Waals surface area contributed by atoms with Gasteiger partial charge in [0.15, 0.2) is 0 Å². The van der Waals surface area contributed by atoms with Crippen LogP contribution in [-0.4, -0.2) is 76.4 Å². The molecule has 1 unspecified atom stereocenters. The fourth-order valence-electron chi connectivity index (χ4n) is 5.21. The van der Waals surface area contributed by atoms with Gasteiger partial charge in [0.1, 0.15) is 0 Å². The fraction of sp³-hybridized carbons (Fsp3) is 0.682. The third-order valence-electron chi connectivity index (χ3n) is 6.93. The summed E-state index contributed by atoms with van der Waals surface area (Å²) in [5.74, 6) is 3.17. The zero-order chi connectivity index (χ0) is 19.5. The highest BCUT2D eigenvalue weighted by molar-refractivity contribution is 5.54. The predicted octanol–water partition coefficient (Wildman–Crippen LogP) is 2.44. The number of hydrogen-bond acceptors (Lipinski definition) is 6. The lowest BCUT2D eigenvalue weighted by Crippen LogP contribution is -2.31. The van der Waals surface area contributed by atoms with Crippen molar-refractivity contribution in [2.75, 3.05) is 45.9 Å². The van der Waals surface area contributed by atoms with Gasteiger partial charge in [-0.2, -0.15) is 5.21 Å². The summed E-state index contributed by atoms with van der Waals surface area (Å²) in [6.07, 6.45) is 5.37. The minimum Gasteiger partial charge on any atom is -0.381 e. The first-order chi connectivity index (χ1) is 14.4. The van der Waals surface area contributed by atoms with Crippen molar-refractivity contribution in [2.45, 2.75) is 32.2 Å². The SMILES string of the molecule is c1cc(-c2nn[nH]n2)ccc1CN1C[C@@H]2C(COCCCN3CCCCC3)[C@@H]2C1. The number of nitrogens with zero attached hydrogens (tertiary/aromatic N) is 5. The highest BCUT2D eigenvalue weighted by atomic mass is 16.5. The van der Waals surface area contributed by atoms with E-state index in [2.05, 4.69) is 54.7 Å². The molecule has 1 N–H and O–H groups in total. The van der Waals surface area contributed by atoms with E-state index in [4.69, 9.17) is 4.74 Å². The molecule has 3 heterocycles. The van der Waals surface area contributed by atoms with Crippen molar-refractivity contribution in [1.82, 2.24) is 30.4 Å². The van der Waals surface area contributed by atoms with Gasteiger partial charge in [0, 0.05) is 38.3 Å². The van der Waals surface area contributed by atoms with Crippen LogP contribution in [0, 0.1) is 17.8 Å². The molecule has 0 spiro atoms. The Balaban J connectivity index is 0.976. The molecule has 1 aromatic heterocycles. The molecule has 2 saturated heterocycles. The lowest BCUT2D eigenvalue weighted by atomic mass is 10.1. The molecule has 2 aliphatic heterocycles. The van der Waals surface area contributed by atoms with E-state index in [1.54, 1.807) is 0 Å². The van der Waals surface area contributed by atoms with Gasteiger partial charge in [0.05, 0.1) is 6.61 Å². The summed E-state index contributed by atoms with van der Waals surface area (Å²) < 4.78 is 6.02. The number of rotatable bonds is 9. The molecule has 0 amide bonds. The molecular formula is C22H32N6O. The van der Waals surface area contributed by atoms with Crippen LogP contribution in [0.4, 0.5) is 0 Å². The van der Waals surface area contributed by atoms with E-state index in [9.17, 15) is 0 Å². The first kappa shape index (κ1) is 19.2. The molecule has 1 aliphatic carbocycles. The zero-order valence-electron chi connectivity index (χ0n) is 17.2. The van der Waals surface area contributed by atoms with E-state index in [-0.39, 0.29) is 0 Å². The second kappa shape index (κ2) is 8.90. The monoisotopic (exact) mass is 396 g/mol. The molecule has 1 aromatic carbocycles. The fourth-order valence-corrected chi connectivity index (χ4v) is 5.21. The number of benzene rings is 1. The van der Waals surface area contributed by atoms with Gasteiger partial charge in [0.2, 0.25) is 5.82 Å². The lowest BCUT2D eigenvalue weighted by molar-refractivity contribution is 0.0967. The molecule has 0 radical (unpaired) electrons. The Morgan fingerprint density at radius 3 is 2.52 bits per heavy atom. The Morgan fingerprint density at radius 2 is 1.79 bits per heavy atom. The number of tetrazole rings is 1. The van der Waals surface area contributed by atoms with Gasteiger partial charge < -0.3 is 9.64 Å². The van der Waals surface area contributed by atoms with E-state index < -0.39 is 0 Å². The van der Waals surface area contributed by atoms with Gasteiger partial charge in [-0.15, -0.1) is 10.2 Å². The zero-order valence-corrected chi connectivity index (χ0v) is 17.2. The molecular weight excluding hydrogens is 364 g/mol. The van der Waals surface area contributed by atoms with Gasteiger partial charge in [-0.1, -0.05) is 30.7 Å². The number of ether oxygens (including phenoxy) is 1. The third kappa shape index (κ3) is 4.68. The molecule has 2 aromatic rings. The van der Waals surface area contributed by atoms with E-state index in [0.717, 1.165) is 43.1 Å². The molecule has 1 saturated carbocycles. The van der Waals surface area contributed by atoms with Crippen LogP contribution < -0.4 is 0 Å². The maximum atomic E-state index is 6.02. The quantitative estimate of drug-likeness (QED) is 0.657. The summed E-state index contributed by atoms with van der Waals surface area (Å²) >= 11 is 0. The molecule has 7 nitrogen and oxygen atoms in total. The summed E-state index contributed by atoms with van der Waals surface area (Å²) in [7, 11) is 0.